The molecule has 1 N–H and O–H groups in total. The Bertz CT molecular complexity index is 524. The summed E-state index contributed by atoms with van der Waals surface area (Å²) in [6, 6.07) is -0.429. The van der Waals surface area contributed by atoms with E-state index in [1.165, 1.54) is 6.92 Å². The summed E-state index contributed by atoms with van der Waals surface area (Å²) in [5, 5.41) is 2.73. The molecule has 1 aromatic rings. The van der Waals surface area contributed by atoms with Gasteiger partial charge < -0.3 is 19.2 Å². The Labute approximate surface area is 125 Å². The maximum absolute atomic E-state index is 12.9. The highest BCUT2D eigenvalue weighted by molar-refractivity contribution is 5.88. The molecule has 0 unspecified atom stereocenters. The van der Waals surface area contributed by atoms with Gasteiger partial charge in [-0.05, 0) is 26.7 Å². The summed E-state index contributed by atoms with van der Waals surface area (Å²) in [5.41, 5.74) is -1.38. The fourth-order valence-electron chi connectivity index (χ4n) is 2.14. The second-order valence-electron chi connectivity index (χ2n) is 4.80. The summed E-state index contributed by atoms with van der Waals surface area (Å²) in [6.45, 7) is 3.89. The van der Waals surface area contributed by atoms with Gasteiger partial charge in [0.2, 0.25) is 5.76 Å². The average Bonchev–Trinajstić information content (AvgIpc) is 2.81. The van der Waals surface area contributed by atoms with Gasteiger partial charge in [0.1, 0.15) is 0 Å². The number of carbonyl (C=O) groups excluding carboxylic acids is 1. The number of aromatic nitrogens is 1. The fraction of sp³-hybridized carbons (Fsp3) is 0.692. The molecule has 124 valence electrons. The van der Waals surface area contributed by atoms with Gasteiger partial charge in [-0.1, -0.05) is 0 Å². The van der Waals surface area contributed by atoms with Crippen molar-refractivity contribution in [2.24, 2.45) is 0 Å². The maximum Gasteiger partial charge on any atom is 0.437 e. The van der Waals surface area contributed by atoms with Crippen LogP contribution in [0.4, 0.5) is 19.2 Å². The first-order valence-electron chi connectivity index (χ1n) is 6.98. The zero-order chi connectivity index (χ0) is 16.3. The molecule has 1 saturated carbocycles. The molecule has 0 aliphatic heterocycles. The van der Waals surface area contributed by atoms with Gasteiger partial charge in [0, 0.05) is 12.6 Å². The number of anilines is 1. The summed E-state index contributed by atoms with van der Waals surface area (Å²) >= 11 is 0. The van der Waals surface area contributed by atoms with Crippen molar-refractivity contribution in [1.29, 1.82) is 0 Å². The largest absolute Gasteiger partial charge is 0.460 e. The second-order valence-corrected chi connectivity index (χ2v) is 4.80. The zero-order valence-corrected chi connectivity index (χ0v) is 12.2. The van der Waals surface area contributed by atoms with Crippen molar-refractivity contribution in [2.75, 3.05) is 18.5 Å². The number of nitrogens with zero attached hydrogens (tertiary/aromatic N) is 1. The molecule has 2 rings (SSSR count). The number of nitrogens with one attached hydrogen (secondary N) is 1. The topological polar surface area (TPSA) is 73.6 Å². The highest BCUT2D eigenvalue weighted by atomic mass is 19.4. The van der Waals surface area contributed by atoms with Crippen LogP contribution in [0.2, 0.25) is 0 Å². The molecule has 0 aromatic carbocycles. The van der Waals surface area contributed by atoms with Crippen LogP contribution in [0.5, 0.6) is 0 Å². The van der Waals surface area contributed by atoms with Crippen LogP contribution in [0.3, 0.4) is 0 Å². The van der Waals surface area contributed by atoms with Crippen LogP contribution in [0, 0.1) is 0 Å². The summed E-state index contributed by atoms with van der Waals surface area (Å²) in [7, 11) is 0. The predicted molar refractivity (Wildman–Crippen MR) is 69.5 cm³/mol. The number of esters is 1. The Morgan fingerprint density at radius 2 is 2.05 bits per heavy atom. The standard InChI is InChI=1S/C13H17F3N2O4/c1-3-20-8-5-7(6-8)17-12-18-10(13(14,15)16)9(22-12)11(19)21-4-2/h7-8H,3-6H2,1-2H3,(H,17,18). The summed E-state index contributed by atoms with van der Waals surface area (Å²) in [6.07, 6.45) is -3.42. The van der Waals surface area contributed by atoms with E-state index in [0.29, 0.717) is 19.4 Å². The normalized spacial score (nSPS) is 21.3. The molecule has 0 amide bonds. The molecular weight excluding hydrogens is 305 g/mol. The Kier molecular flexibility index (Phi) is 4.94. The Hall–Kier alpha value is -1.77. The average molecular weight is 322 g/mol. The third kappa shape index (κ3) is 3.70. The number of hydrogen-bond donors (Lipinski definition) is 1. The second kappa shape index (κ2) is 6.55. The first-order chi connectivity index (χ1) is 10.3. The van der Waals surface area contributed by atoms with Gasteiger partial charge in [-0.15, -0.1) is 0 Å². The van der Waals surface area contributed by atoms with Crippen LogP contribution in [0.1, 0.15) is 42.9 Å². The predicted octanol–water partition coefficient (Wildman–Crippen LogP) is 2.85. The minimum Gasteiger partial charge on any atom is -0.460 e. The molecule has 6 nitrogen and oxygen atoms in total. The van der Waals surface area contributed by atoms with Gasteiger partial charge >= 0.3 is 12.1 Å². The molecule has 9 heteroatoms. The smallest absolute Gasteiger partial charge is 0.437 e. The van der Waals surface area contributed by atoms with Gasteiger partial charge in [0.05, 0.1) is 12.7 Å². The summed E-state index contributed by atoms with van der Waals surface area (Å²) in [4.78, 5) is 14.9. The monoisotopic (exact) mass is 322 g/mol. The van der Waals surface area contributed by atoms with Crippen LogP contribution in [0.25, 0.3) is 0 Å². The molecule has 1 aromatic heterocycles. The van der Waals surface area contributed by atoms with Gasteiger partial charge in [0.25, 0.3) is 6.01 Å². The van der Waals surface area contributed by atoms with E-state index in [1.807, 2.05) is 6.92 Å². The molecule has 0 radical (unpaired) electrons. The third-order valence-corrected chi connectivity index (χ3v) is 3.18. The molecule has 1 fully saturated rings. The van der Waals surface area contributed by atoms with E-state index >= 15 is 0 Å². The number of ether oxygens (including phenoxy) is 2. The Balaban J connectivity index is 2.08. The molecule has 1 aliphatic carbocycles. The Morgan fingerprint density at radius 1 is 1.36 bits per heavy atom. The number of halogens is 3. The lowest BCUT2D eigenvalue weighted by Gasteiger charge is -2.34. The van der Waals surface area contributed by atoms with Crippen LogP contribution in [0.15, 0.2) is 4.42 Å². The van der Waals surface area contributed by atoms with Crippen LogP contribution >= 0.6 is 0 Å². The minimum absolute atomic E-state index is 0.0573. The molecule has 22 heavy (non-hydrogen) atoms. The maximum atomic E-state index is 12.9. The van der Waals surface area contributed by atoms with Gasteiger partial charge in [-0.25, -0.2) is 4.79 Å². The van der Waals surface area contributed by atoms with E-state index in [0.717, 1.165) is 0 Å². The van der Waals surface area contributed by atoms with Crippen molar-refractivity contribution in [3.05, 3.63) is 11.5 Å². The lowest BCUT2D eigenvalue weighted by molar-refractivity contribution is -0.141. The van der Waals surface area contributed by atoms with Gasteiger partial charge in [0.15, 0.2) is 5.69 Å². The van der Waals surface area contributed by atoms with Crippen LogP contribution in [-0.4, -0.2) is 36.3 Å². The van der Waals surface area contributed by atoms with E-state index in [9.17, 15) is 18.0 Å². The third-order valence-electron chi connectivity index (χ3n) is 3.18. The van der Waals surface area contributed by atoms with Crippen molar-refractivity contribution in [3.8, 4) is 0 Å². The molecular formula is C13H17F3N2O4. The quantitative estimate of drug-likeness (QED) is 0.812. The van der Waals surface area contributed by atoms with Crippen molar-refractivity contribution < 1.29 is 31.9 Å². The van der Waals surface area contributed by atoms with E-state index in [-0.39, 0.29) is 24.8 Å². The van der Waals surface area contributed by atoms with Crippen molar-refractivity contribution in [1.82, 2.24) is 4.98 Å². The Morgan fingerprint density at radius 3 is 2.59 bits per heavy atom. The molecule has 1 heterocycles. The summed E-state index contributed by atoms with van der Waals surface area (Å²) < 4.78 is 53.4. The van der Waals surface area contributed by atoms with E-state index in [4.69, 9.17) is 9.15 Å². The molecule has 0 saturated heterocycles. The van der Waals surface area contributed by atoms with Crippen LogP contribution < -0.4 is 5.32 Å². The number of oxazole rings is 1. The minimum atomic E-state index is -4.79. The number of alkyl halides is 3. The summed E-state index contributed by atoms with van der Waals surface area (Å²) in [5.74, 6) is -2.12. The van der Waals surface area contributed by atoms with Crippen molar-refractivity contribution >= 4 is 12.0 Å². The number of rotatable bonds is 6. The molecule has 1 aliphatic rings. The fourth-order valence-corrected chi connectivity index (χ4v) is 2.14. The SMILES string of the molecule is CCOC(=O)c1oc(NC2CC(OCC)C2)nc1C(F)(F)F. The zero-order valence-electron chi connectivity index (χ0n) is 12.2. The first kappa shape index (κ1) is 16.6. The van der Waals surface area contributed by atoms with Gasteiger partial charge in [-0.3, -0.25) is 0 Å². The van der Waals surface area contributed by atoms with Crippen molar-refractivity contribution in [2.45, 2.75) is 45.0 Å². The first-order valence-corrected chi connectivity index (χ1v) is 6.98. The van der Waals surface area contributed by atoms with E-state index < -0.39 is 23.6 Å². The number of carbonyl (C=O) groups is 1. The number of hydrogen-bond acceptors (Lipinski definition) is 6. The molecule has 0 spiro atoms. The lowest BCUT2D eigenvalue weighted by atomic mass is 9.89. The lowest BCUT2D eigenvalue weighted by Crippen LogP contribution is -2.40. The highest BCUT2D eigenvalue weighted by Gasteiger charge is 2.42. The molecule has 0 atom stereocenters. The van der Waals surface area contributed by atoms with Crippen molar-refractivity contribution in [3.63, 3.8) is 0 Å². The van der Waals surface area contributed by atoms with E-state index in [2.05, 4.69) is 15.0 Å². The van der Waals surface area contributed by atoms with Crippen LogP contribution in [-0.2, 0) is 15.7 Å². The highest BCUT2D eigenvalue weighted by Crippen LogP contribution is 2.34. The molecule has 0 bridgehead atoms. The van der Waals surface area contributed by atoms with Gasteiger partial charge in [-0.2, -0.15) is 18.2 Å². The van der Waals surface area contributed by atoms with E-state index in [1.54, 1.807) is 0 Å².